The number of fused-ring (bicyclic) bond motifs is 3. The molecule has 2 heterocycles. The lowest BCUT2D eigenvalue weighted by molar-refractivity contribution is -0.137. The summed E-state index contributed by atoms with van der Waals surface area (Å²) in [6.45, 7) is 3.88. The zero-order valence-corrected chi connectivity index (χ0v) is 20.0. The molecule has 0 unspecified atom stereocenters. The van der Waals surface area contributed by atoms with Gasteiger partial charge in [0.2, 0.25) is 11.8 Å². The fraction of sp³-hybridized carbons (Fsp3) is 0.458. The molecule has 0 saturated carbocycles. The Kier molecular flexibility index (Phi) is 6.89. The first-order valence-corrected chi connectivity index (χ1v) is 11.6. The number of aromatic hydroxyl groups is 1. The molecule has 0 bridgehead atoms. The van der Waals surface area contributed by atoms with Gasteiger partial charge in [-0.15, -0.1) is 0 Å². The molecule has 0 radical (unpaired) electrons. The third-order valence-electron chi connectivity index (χ3n) is 7.00. The normalized spacial score (nSPS) is 27.1. The summed E-state index contributed by atoms with van der Waals surface area (Å²) in [6, 6.07) is 4.79. The van der Waals surface area contributed by atoms with Gasteiger partial charge in [0.15, 0.2) is 0 Å². The van der Waals surface area contributed by atoms with Gasteiger partial charge in [-0.25, -0.2) is 4.79 Å². The van der Waals surface area contributed by atoms with Crippen molar-refractivity contribution in [3.05, 3.63) is 45.5 Å². The van der Waals surface area contributed by atoms with Crippen molar-refractivity contribution in [1.29, 1.82) is 0 Å². The predicted octanol–water partition coefficient (Wildman–Crippen LogP) is 3.81. The zero-order chi connectivity index (χ0) is 24.7. The van der Waals surface area contributed by atoms with Crippen molar-refractivity contribution in [2.75, 3.05) is 7.11 Å². The van der Waals surface area contributed by atoms with Crippen LogP contribution >= 0.6 is 11.6 Å². The van der Waals surface area contributed by atoms with Crippen LogP contribution in [0.15, 0.2) is 34.9 Å². The van der Waals surface area contributed by atoms with Crippen molar-refractivity contribution in [3.63, 3.8) is 0 Å². The van der Waals surface area contributed by atoms with Gasteiger partial charge in [0.1, 0.15) is 5.75 Å². The van der Waals surface area contributed by atoms with Crippen molar-refractivity contribution in [2.45, 2.75) is 45.5 Å². The summed E-state index contributed by atoms with van der Waals surface area (Å²) < 4.78 is 10.5. The number of hydrogen-bond acceptors (Lipinski definition) is 7. The highest BCUT2D eigenvalue weighted by Crippen LogP contribution is 2.50. The van der Waals surface area contributed by atoms with Crippen LogP contribution in [0.5, 0.6) is 5.75 Å². The lowest BCUT2D eigenvalue weighted by atomic mass is 9.59. The second kappa shape index (κ2) is 9.56. The van der Waals surface area contributed by atoms with Gasteiger partial charge in [-0.05, 0) is 74.7 Å². The van der Waals surface area contributed by atoms with Crippen LogP contribution in [0, 0.1) is 17.8 Å². The van der Waals surface area contributed by atoms with Crippen LogP contribution in [-0.2, 0) is 19.0 Å². The summed E-state index contributed by atoms with van der Waals surface area (Å²) in [5.41, 5.74) is 3.71. The molecule has 4 rings (SSSR count). The van der Waals surface area contributed by atoms with Gasteiger partial charge in [-0.2, -0.15) is 4.90 Å². The Bertz CT molecular complexity index is 1100. The topological polar surface area (TPSA) is 113 Å². The van der Waals surface area contributed by atoms with Gasteiger partial charge < -0.3 is 19.5 Å². The van der Waals surface area contributed by atoms with E-state index in [1.165, 1.54) is 6.07 Å². The molecule has 1 aromatic rings. The highest BCUT2D eigenvalue weighted by molar-refractivity contribution is 6.43. The van der Waals surface area contributed by atoms with Gasteiger partial charge in [0, 0.05) is 0 Å². The highest BCUT2D eigenvalue weighted by Gasteiger charge is 2.58. The van der Waals surface area contributed by atoms with Crippen LogP contribution in [0.2, 0.25) is 11.3 Å². The van der Waals surface area contributed by atoms with Crippen LogP contribution in [0.4, 0.5) is 4.79 Å². The standard InChI is InChI=1S/C24H27BClNO7/c1-12(8-14-5-6-15(28)10-18(14)26)4-7-19-20-13(2)9-16-21(17(20)11-25(32)34-19)23(30)27(22(16)29)24(31)33-3/h5-6,8,10,16-17,19,21,28,32H,4,7,9,11H2,1-3H3/b12-8+/t16-,17+,19-,21-/m1/s1. The molecule has 4 atom stereocenters. The molecule has 8 nitrogen and oxygen atoms in total. The first-order chi connectivity index (χ1) is 16.1. The maximum atomic E-state index is 13.1. The van der Waals surface area contributed by atoms with Crippen molar-refractivity contribution in [2.24, 2.45) is 17.8 Å². The molecule has 2 N–H and O–H groups in total. The van der Waals surface area contributed by atoms with Gasteiger partial charge in [-0.1, -0.05) is 28.8 Å². The number of carbonyl (C=O) groups is 3. The number of carbonyl (C=O) groups excluding carboxylic acids is 3. The molecule has 2 aliphatic heterocycles. The molecule has 34 heavy (non-hydrogen) atoms. The molecule has 3 aliphatic rings. The molecule has 3 amide bonds. The Morgan fingerprint density at radius 2 is 2.06 bits per heavy atom. The van der Waals surface area contributed by atoms with E-state index in [9.17, 15) is 24.5 Å². The molecule has 10 heteroatoms. The quantitative estimate of drug-likeness (QED) is 0.377. The summed E-state index contributed by atoms with van der Waals surface area (Å²) in [5.74, 6) is -2.73. The third-order valence-corrected chi connectivity index (χ3v) is 7.32. The Morgan fingerprint density at radius 1 is 1.32 bits per heavy atom. The van der Waals surface area contributed by atoms with Crippen molar-refractivity contribution in [3.8, 4) is 5.75 Å². The van der Waals surface area contributed by atoms with Crippen molar-refractivity contribution in [1.82, 2.24) is 4.90 Å². The van der Waals surface area contributed by atoms with Crippen LogP contribution in [0.25, 0.3) is 6.08 Å². The van der Waals surface area contributed by atoms with E-state index in [0.29, 0.717) is 29.2 Å². The van der Waals surface area contributed by atoms with Crippen LogP contribution in [0.1, 0.15) is 38.7 Å². The number of amides is 3. The van der Waals surface area contributed by atoms with Gasteiger partial charge in [0.25, 0.3) is 0 Å². The number of nitrogens with zero attached hydrogens (tertiary/aromatic N) is 1. The maximum absolute atomic E-state index is 13.1. The minimum atomic E-state index is -1.07. The van der Waals surface area contributed by atoms with Crippen molar-refractivity contribution < 1.29 is 33.9 Å². The Morgan fingerprint density at radius 3 is 2.74 bits per heavy atom. The number of methoxy groups -OCH3 is 1. The first kappa shape index (κ1) is 24.5. The SMILES string of the molecule is COC(=O)N1C(=O)[C@@H]2[C@@H](CC(C)=C3[C@@H](CC/C(C)=C/c4ccc(O)cc4Cl)OB(O)C[C@@H]32)C1=O. The summed E-state index contributed by atoms with van der Waals surface area (Å²) >= 11 is 6.21. The lowest BCUT2D eigenvalue weighted by Gasteiger charge is -2.42. The fourth-order valence-electron chi connectivity index (χ4n) is 5.52. The summed E-state index contributed by atoms with van der Waals surface area (Å²) in [7, 11) is 0.0612. The number of benzene rings is 1. The largest absolute Gasteiger partial charge is 0.508 e. The third kappa shape index (κ3) is 4.40. The van der Waals surface area contributed by atoms with E-state index in [1.807, 2.05) is 19.9 Å². The van der Waals surface area contributed by atoms with Crippen molar-refractivity contribution >= 4 is 42.7 Å². The molecule has 2 saturated heterocycles. The number of allylic oxidation sites excluding steroid dienone is 2. The average molecular weight is 488 g/mol. The second-order valence-corrected chi connectivity index (χ2v) is 9.62. The summed E-state index contributed by atoms with van der Waals surface area (Å²) in [5, 5.41) is 20.4. The molecule has 0 aromatic heterocycles. The molecular formula is C24H27BClNO7. The number of likely N-dealkylation sites (tertiary alicyclic amines) is 1. The monoisotopic (exact) mass is 487 g/mol. The Labute approximate surface area is 203 Å². The minimum Gasteiger partial charge on any atom is -0.508 e. The zero-order valence-electron chi connectivity index (χ0n) is 19.3. The number of phenolic OH excluding ortho intramolecular Hbond substituents is 1. The number of ether oxygens (including phenoxy) is 1. The molecule has 2 fully saturated rings. The van der Waals surface area contributed by atoms with E-state index in [2.05, 4.69) is 4.74 Å². The number of imide groups is 3. The molecule has 1 aromatic carbocycles. The molecule has 1 aliphatic carbocycles. The highest BCUT2D eigenvalue weighted by atomic mass is 35.5. The second-order valence-electron chi connectivity index (χ2n) is 9.21. The summed E-state index contributed by atoms with van der Waals surface area (Å²) in [6.07, 6.45) is 2.32. The predicted molar refractivity (Wildman–Crippen MR) is 126 cm³/mol. The fourth-order valence-corrected chi connectivity index (χ4v) is 5.75. The number of hydrogen-bond donors (Lipinski definition) is 2. The van der Waals surface area contributed by atoms with E-state index >= 15 is 0 Å². The van der Waals surface area contributed by atoms with Gasteiger partial charge in [0.05, 0.1) is 30.1 Å². The van der Waals surface area contributed by atoms with E-state index in [-0.39, 0.29) is 18.0 Å². The molecule has 180 valence electrons. The number of rotatable bonds is 4. The first-order valence-electron chi connectivity index (χ1n) is 11.3. The maximum Gasteiger partial charge on any atom is 0.455 e. The molecule has 0 spiro atoms. The Hall–Kier alpha value is -2.62. The van der Waals surface area contributed by atoms with Crippen LogP contribution in [0.3, 0.4) is 0 Å². The summed E-state index contributed by atoms with van der Waals surface area (Å²) in [4.78, 5) is 38.6. The van der Waals surface area contributed by atoms with E-state index in [4.69, 9.17) is 16.3 Å². The average Bonchev–Trinajstić information content (AvgIpc) is 3.03. The van der Waals surface area contributed by atoms with E-state index in [0.717, 1.165) is 29.4 Å². The minimum absolute atomic E-state index is 0.0964. The van der Waals surface area contributed by atoms with E-state index in [1.54, 1.807) is 12.1 Å². The Balaban J connectivity index is 1.56. The lowest BCUT2D eigenvalue weighted by Crippen LogP contribution is -2.46. The van der Waals surface area contributed by atoms with E-state index < -0.39 is 43.0 Å². The van der Waals surface area contributed by atoms with Gasteiger partial charge in [-0.3, -0.25) is 9.59 Å². The molecular weight excluding hydrogens is 461 g/mol. The van der Waals surface area contributed by atoms with Gasteiger partial charge >= 0.3 is 13.2 Å². The smallest absolute Gasteiger partial charge is 0.455 e. The van der Waals surface area contributed by atoms with Crippen LogP contribution < -0.4 is 0 Å². The number of phenols is 1. The number of halogens is 1. The van der Waals surface area contributed by atoms with Crippen LogP contribution in [-0.4, -0.2) is 53.3 Å².